The van der Waals surface area contributed by atoms with E-state index >= 15 is 0 Å². The van der Waals surface area contributed by atoms with E-state index in [-0.39, 0.29) is 24.0 Å². The highest BCUT2D eigenvalue weighted by atomic mass is 19.4. The van der Waals surface area contributed by atoms with Crippen molar-refractivity contribution in [2.45, 2.75) is 33.1 Å². The van der Waals surface area contributed by atoms with Crippen LogP contribution in [0.1, 0.15) is 40.9 Å². The molecule has 3 rings (SSSR count). The normalized spacial score (nSPS) is 11.2. The van der Waals surface area contributed by atoms with Crippen LogP contribution < -0.4 is 16.2 Å². The summed E-state index contributed by atoms with van der Waals surface area (Å²) >= 11 is 0. The molecule has 214 valence electrons. The molecule has 9 nitrogen and oxygen atoms in total. The third kappa shape index (κ3) is 8.12. The summed E-state index contributed by atoms with van der Waals surface area (Å²) in [5, 5.41) is 30.9. The molecule has 0 aliphatic rings. The molecule has 4 N–H and O–H groups in total. The quantitative estimate of drug-likeness (QED) is 0.207. The fourth-order valence-corrected chi connectivity index (χ4v) is 4.05. The van der Waals surface area contributed by atoms with Gasteiger partial charge in [-0.25, -0.2) is 0 Å². The van der Waals surface area contributed by atoms with Crippen LogP contribution in [0, 0.1) is 28.1 Å². The molecule has 1 heterocycles. The van der Waals surface area contributed by atoms with Crippen LogP contribution in [0.25, 0.3) is 11.1 Å². The lowest BCUT2D eigenvalue weighted by atomic mass is 9.96. The Hall–Kier alpha value is -4.76. The van der Waals surface area contributed by atoms with E-state index in [1.165, 1.54) is 24.1 Å². The molecule has 0 fully saturated rings. The summed E-state index contributed by atoms with van der Waals surface area (Å²) in [6, 6.07) is 14.5. The summed E-state index contributed by atoms with van der Waals surface area (Å²) in [6.45, 7) is 3.18. The molecule has 0 saturated heterocycles. The number of nitrogens with one attached hydrogen (secondary N) is 4. The molecule has 0 radical (unpaired) electrons. The summed E-state index contributed by atoms with van der Waals surface area (Å²) in [7, 11) is 1.52. The van der Waals surface area contributed by atoms with Crippen LogP contribution in [0.5, 0.6) is 0 Å². The van der Waals surface area contributed by atoms with Crippen molar-refractivity contribution in [3.63, 3.8) is 0 Å². The minimum Gasteiger partial charge on any atom is -0.322 e. The van der Waals surface area contributed by atoms with E-state index in [1.54, 1.807) is 36.4 Å². The van der Waals surface area contributed by atoms with E-state index in [4.69, 9.17) is 10.8 Å². The number of halogens is 3. The number of rotatable bonds is 10. The molecule has 0 spiro atoms. The smallest absolute Gasteiger partial charge is 0.322 e. The van der Waals surface area contributed by atoms with Crippen molar-refractivity contribution < 1.29 is 18.0 Å². The Morgan fingerprint density at radius 3 is 2.54 bits per heavy atom. The first-order valence-electron chi connectivity index (χ1n) is 12.6. The Kier molecular flexibility index (Phi) is 9.81. The average Bonchev–Trinajstić information content (AvgIpc) is 2.92. The van der Waals surface area contributed by atoms with Gasteiger partial charge in [-0.2, -0.15) is 18.4 Å². The van der Waals surface area contributed by atoms with Gasteiger partial charge >= 0.3 is 6.18 Å². The largest absolute Gasteiger partial charge is 0.406 e. The third-order valence-electron chi connectivity index (χ3n) is 6.00. The molecule has 0 bridgehead atoms. The second kappa shape index (κ2) is 13.1. The van der Waals surface area contributed by atoms with E-state index in [0.717, 1.165) is 12.5 Å². The van der Waals surface area contributed by atoms with Gasteiger partial charge in [0.2, 0.25) is 0 Å². The molecule has 41 heavy (non-hydrogen) atoms. The van der Waals surface area contributed by atoms with Crippen LogP contribution in [-0.4, -0.2) is 47.3 Å². The number of benzene rings is 2. The molecular weight excluding hydrogens is 535 g/mol. The van der Waals surface area contributed by atoms with Crippen molar-refractivity contribution in [1.29, 1.82) is 16.1 Å². The number of aromatic nitrogens is 1. The summed E-state index contributed by atoms with van der Waals surface area (Å²) in [6.07, 6.45) is -2.60. The second-order valence-corrected chi connectivity index (χ2v) is 9.83. The van der Waals surface area contributed by atoms with Crippen molar-refractivity contribution in [2.75, 3.05) is 18.9 Å². The molecule has 3 aromatic rings. The maximum Gasteiger partial charge on any atom is 0.406 e. The van der Waals surface area contributed by atoms with Crippen LogP contribution in [-0.2, 0) is 13.1 Å². The number of hydrogen-bond acceptors (Lipinski definition) is 6. The predicted octanol–water partition coefficient (Wildman–Crippen LogP) is 4.81. The Labute approximate surface area is 235 Å². The standard InChI is InChI=1S/C29H30F3N7O2/c1-18(2)13-36-14-20-10-25(28(41)39(15-20)16-29(30,31)32)27(40)37-22-6-4-5-21(11-22)23-8-7-19(12-33)9-24(23)26(35)38(3)17-34/h4-11,15,17-18,34-36H,13-14,16H2,1-3H3,(H,37,40). The molecule has 0 aliphatic heterocycles. The van der Waals surface area contributed by atoms with Gasteiger partial charge in [0.15, 0.2) is 0 Å². The maximum absolute atomic E-state index is 13.2. The Balaban J connectivity index is 1.98. The molecule has 0 aliphatic carbocycles. The molecule has 0 atom stereocenters. The lowest BCUT2D eigenvalue weighted by molar-refractivity contribution is -0.141. The lowest BCUT2D eigenvalue weighted by Gasteiger charge is -2.18. The van der Waals surface area contributed by atoms with Crippen molar-refractivity contribution in [3.05, 3.63) is 87.3 Å². The molecule has 12 heteroatoms. The molecule has 2 aromatic carbocycles. The minimum atomic E-state index is -4.66. The van der Waals surface area contributed by atoms with Gasteiger partial charge in [0.05, 0.1) is 18.0 Å². The van der Waals surface area contributed by atoms with Gasteiger partial charge in [-0.3, -0.25) is 20.4 Å². The first kappa shape index (κ1) is 30.8. The first-order chi connectivity index (χ1) is 19.3. The summed E-state index contributed by atoms with van der Waals surface area (Å²) in [4.78, 5) is 27.3. The zero-order valence-corrected chi connectivity index (χ0v) is 22.8. The zero-order chi connectivity index (χ0) is 30.3. The number of nitriles is 1. The Morgan fingerprint density at radius 2 is 1.90 bits per heavy atom. The van der Waals surface area contributed by atoms with Crippen molar-refractivity contribution in [3.8, 4) is 17.2 Å². The Morgan fingerprint density at radius 1 is 1.17 bits per heavy atom. The van der Waals surface area contributed by atoms with Gasteiger partial charge in [-0.1, -0.05) is 32.0 Å². The van der Waals surface area contributed by atoms with Crippen LogP contribution in [0.3, 0.4) is 0 Å². The van der Waals surface area contributed by atoms with E-state index in [1.807, 2.05) is 19.9 Å². The number of pyridine rings is 1. The second-order valence-electron chi connectivity index (χ2n) is 9.83. The van der Waals surface area contributed by atoms with Crippen molar-refractivity contribution >= 4 is 23.8 Å². The summed E-state index contributed by atoms with van der Waals surface area (Å²) in [5.74, 6) is -0.614. The fraction of sp³-hybridized carbons (Fsp3) is 0.276. The number of carbonyl (C=O) groups excluding carboxylic acids is 1. The number of carbonyl (C=O) groups is 1. The lowest BCUT2D eigenvalue weighted by Crippen LogP contribution is -2.34. The summed E-state index contributed by atoms with van der Waals surface area (Å²) < 4.78 is 40.0. The van der Waals surface area contributed by atoms with E-state index in [2.05, 4.69) is 10.6 Å². The van der Waals surface area contributed by atoms with Gasteiger partial charge < -0.3 is 20.1 Å². The van der Waals surface area contributed by atoms with Crippen molar-refractivity contribution in [1.82, 2.24) is 14.8 Å². The molecule has 1 amide bonds. The van der Waals surface area contributed by atoms with Crippen LogP contribution in [0.15, 0.2) is 59.5 Å². The number of nitrogens with zero attached hydrogens (tertiary/aromatic N) is 3. The molecular formula is C29H30F3N7O2. The van der Waals surface area contributed by atoms with Gasteiger partial charge in [0, 0.05) is 31.0 Å². The van der Waals surface area contributed by atoms with Crippen LogP contribution in [0.4, 0.5) is 18.9 Å². The zero-order valence-electron chi connectivity index (χ0n) is 22.8. The molecule has 1 aromatic heterocycles. The van der Waals surface area contributed by atoms with E-state index in [0.29, 0.717) is 38.9 Å². The first-order valence-corrected chi connectivity index (χ1v) is 12.6. The molecule has 0 saturated carbocycles. The van der Waals surface area contributed by atoms with Crippen molar-refractivity contribution in [2.24, 2.45) is 5.92 Å². The van der Waals surface area contributed by atoms with Gasteiger partial charge in [-0.15, -0.1) is 0 Å². The monoisotopic (exact) mass is 565 g/mol. The fourth-order valence-electron chi connectivity index (χ4n) is 4.05. The highest BCUT2D eigenvalue weighted by molar-refractivity contribution is 6.07. The molecule has 0 unspecified atom stereocenters. The van der Waals surface area contributed by atoms with Crippen LogP contribution >= 0.6 is 0 Å². The summed E-state index contributed by atoms with van der Waals surface area (Å²) in [5.41, 5.74) is 0.905. The van der Waals surface area contributed by atoms with Gasteiger partial charge in [0.1, 0.15) is 17.9 Å². The number of amides is 1. The minimum absolute atomic E-state index is 0.0327. The van der Waals surface area contributed by atoms with E-state index < -0.39 is 29.8 Å². The maximum atomic E-state index is 13.2. The average molecular weight is 566 g/mol. The van der Waals surface area contributed by atoms with Crippen LogP contribution in [0.2, 0.25) is 0 Å². The predicted molar refractivity (Wildman–Crippen MR) is 151 cm³/mol. The van der Waals surface area contributed by atoms with Gasteiger partial charge in [-0.05, 0) is 59.5 Å². The number of amidine groups is 1. The van der Waals surface area contributed by atoms with E-state index in [9.17, 15) is 28.0 Å². The van der Waals surface area contributed by atoms with Gasteiger partial charge in [0.25, 0.3) is 11.5 Å². The SMILES string of the molecule is CC(C)CNCc1cc(C(=O)Nc2cccc(-c3ccc(C#N)cc3C(=N)N(C)C=N)c2)c(=O)n(CC(F)(F)F)c1. The highest BCUT2D eigenvalue weighted by Crippen LogP contribution is 2.28. The number of anilines is 1. The topological polar surface area (TPSA) is 138 Å². The number of hydrogen-bond donors (Lipinski definition) is 4. The third-order valence-corrected chi connectivity index (χ3v) is 6.00. The Bertz CT molecular complexity index is 1560. The highest BCUT2D eigenvalue weighted by Gasteiger charge is 2.29. The number of alkyl halides is 3.